The maximum Gasteiger partial charge on any atom is 0.348 e. The first kappa shape index (κ1) is 115. The van der Waals surface area contributed by atoms with Crippen molar-refractivity contribution in [3.8, 4) is 0 Å². The summed E-state index contributed by atoms with van der Waals surface area (Å²) in [5.41, 5.74) is 0. The topological polar surface area (TPSA) is 366 Å². The van der Waals surface area contributed by atoms with Gasteiger partial charge in [-0.25, -0.2) is 38.4 Å². The van der Waals surface area contributed by atoms with Gasteiger partial charge in [-0.1, -0.05) is 242 Å². The van der Waals surface area contributed by atoms with E-state index in [-0.39, 0.29) is 41.0 Å². The number of carbonyl (C=O) groups is 14. The normalized spacial score (nSPS) is 15.0. The van der Waals surface area contributed by atoms with E-state index < -0.39 is 119 Å². The minimum absolute atomic E-state index is 0.0116. The molecule has 0 amide bonds. The van der Waals surface area contributed by atoms with Gasteiger partial charge in [0.15, 0.2) is 60.7 Å². The molecule has 109 heavy (non-hydrogen) atoms. The van der Waals surface area contributed by atoms with Gasteiger partial charge in [0.2, 0.25) is 4.69 Å². The van der Waals surface area contributed by atoms with Crippen LogP contribution >= 0.6 is 47.8 Å². The Kier molecular flexibility index (Phi) is 83.5. The Morgan fingerprint density at radius 2 is 0.807 bits per heavy atom. The van der Waals surface area contributed by atoms with Gasteiger partial charge in [-0.05, 0) is 155 Å². The number of alkyl halides is 2. The molecule has 11 atom stereocenters. The van der Waals surface area contributed by atoms with Crippen molar-refractivity contribution < 1.29 is 120 Å². The predicted molar refractivity (Wildman–Crippen MR) is 430 cm³/mol. The van der Waals surface area contributed by atoms with Crippen LogP contribution in [-0.2, 0) is 110 Å². The van der Waals surface area contributed by atoms with Crippen molar-refractivity contribution in [1.82, 2.24) is 4.90 Å². The summed E-state index contributed by atoms with van der Waals surface area (Å²) in [5, 5.41) is 19.0. The molecular formula is C80H142Br3NO25. The van der Waals surface area contributed by atoms with Crippen molar-refractivity contribution in [2.75, 3.05) is 19.6 Å². The number of halogens is 3. The minimum atomic E-state index is -1.46. The highest BCUT2D eigenvalue weighted by atomic mass is 79.9. The summed E-state index contributed by atoms with van der Waals surface area (Å²) in [4.78, 5) is 162. The SMILES string of the molecule is CC(Br)C(=O)Br.CCCCCCC(=O)OC=O.CCCCCCC(O)C(=O)OC(C)C(=O)OC(CCCCCC)C(=O)OC(C)C(=O)OC(CCCCCC)C(=O)OC(C)C(C)=O.CCCCCCC(OC(=O)C(C)Br)C(=O)O.CCCCCCC1OC(=O)C(C)OC1=O.CCCCCCC=O.CCN(CC)CC. The largest absolute Gasteiger partial charge is 0.479 e. The van der Waals surface area contributed by atoms with Crippen LogP contribution < -0.4 is 0 Å². The molecule has 0 saturated carbocycles. The fourth-order valence-corrected chi connectivity index (χ4v) is 9.23. The fourth-order valence-electron chi connectivity index (χ4n) is 9.12. The summed E-state index contributed by atoms with van der Waals surface area (Å²) in [5.74, 6) is -8.07. The number of ether oxygens (including phenoxy) is 9. The number of aliphatic carboxylic acids is 1. The van der Waals surface area contributed by atoms with E-state index in [4.69, 9.17) is 43.0 Å². The van der Waals surface area contributed by atoms with Crippen molar-refractivity contribution in [3.05, 3.63) is 0 Å². The summed E-state index contributed by atoms with van der Waals surface area (Å²) in [6.07, 6.45) is 20.1. The van der Waals surface area contributed by atoms with Crippen LogP contribution in [0.3, 0.4) is 0 Å². The number of unbranched alkanes of at least 4 members (excludes halogenated alkanes) is 22. The number of carboxylic acids is 1. The van der Waals surface area contributed by atoms with Crippen molar-refractivity contribution in [1.29, 1.82) is 0 Å². The summed E-state index contributed by atoms with van der Waals surface area (Å²) in [6.45, 7) is 35.0. The van der Waals surface area contributed by atoms with E-state index >= 15 is 0 Å². The molecule has 0 aromatic rings. The molecule has 0 spiro atoms. The van der Waals surface area contributed by atoms with E-state index in [1.54, 1.807) is 13.8 Å². The van der Waals surface area contributed by atoms with E-state index in [9.17, 15) is 72.2 Å². The van der Waals surface area contributed by atoms with Gasteiger partial charge < -0.3 is 62.5 Å². The third kappa shape index (κ3) is 71.5. The van der Waals surface area contributed by atoms with Gasteiger partial charge in [0.25, 0.3) is 0 Å². The van der Waals surface area contributed by atoms with E-state index in [1.807, 2.05) is 20.8 Å². The molecule has 0 aromatic heterocycles. The second-order valence-corrected chi connectivity index (χ2v) is 29.8. The zero-order valence-corrected chi connectivity index (χ0v) is 74.0. The molecule has 0 aliphatic carbocycles. The third-order valence-corrected chi connectivity index (χ3v) is 18.4. The van der Waals surface area contributed by atoms with Crippen LogP contribution in [0.25, 0.3) is 0 Å². The number of hydrogen-bond acceptors (Lipinski definition) is 25. The number of hydrogen-bond donors (Lipinski definition) is 2. The number of esters is 9. The lowest BCUT2D eigenvalue weighted by atomic mass is 10.1. The Hall–Kier alpha value is -5.26. The van der Waals surface area contributed by atoms with Gasteiger partial charge in [-0.3, -0.25) is 24.0 Å². The molecule has 1 aliphatic rings. The Morgan fingerprint density at radius 3 is 1.16 bits per heavy atom. The van der Waals surface area contributed by atoms with Crippen LogP contribution in [0, 0.1) is 0 Å². The molecule has 2 N–H and O–H groups in total. The van der Waals surface area contributed by atoms with Crippen molar-refractivity contribution >= 4 is 131 Å². The van der Waals surface area contributed by atoms with Crippen LogP contribution in [0.1, 0.15) is 342 Å². The molecular weight excluding hydrogens is 1610 g/mol. The first-order valence-corrected chi connectivity index (χ1v) is 42.6. The number of carboxylic acid groups (broad SMARTS) is 1. The van der Waals surface area contributed by atoms with Crippen LogP contribution in [-0.4, -0.2) is 182 Å². The molecule has 29 heteroatoms. The summed E-state index contributed by atoms with van der Waals surface area (Å²) >= 11 is 8.84. The first-order chi connectivity index (χ1) is 51.6. The van der Waals surface area contributed by atoms with Crippen molar-refractivity contribution in [2.24, 2.45) is 0 Å². The molecule has 0 radical (unpaired) electrons. The average Bonchev–Trinajstić information content (AvgIpc) is 0.861. The molecule has 0 aromatic carbocycles. The highest BCUT2D eigenvalue weighted by Gasteiger charge is 2.36. The second kappa shape index (κ2) is 79.4. The Morgan fingerprint density at radius 1 is 0.450 bits per heavy atom. The van der Waals surface area contributed by atoms with E-state index in [1.165, 1.54) is 73.5 Å². The molecule has 1 aliphatic heterocycles. The molecule has 1 rings (SSSR count). The fraction of sp³-hybridized carbons (Fsp3) is 0.825. The monoisotopic (exact) mass is 1750 g/mol. The number of aliphatic hydroxyl groups is 1. The maximum absolute atomic E-state index is 13.1. The van der Waals surface area contributed by atoms with Gasteiger partial charge in [-0.15, -0.1) is 0 Å². The Labute approximate surface area is 678 Å². The first-order valence-electron chi connectivity index (χ1n) is 39.9. The lowest BCUT2D eigenvalue weighted by molar-refractivity contribution is -0.193. The van der Waals surface area contributed by atoms with Crippen LogP contribution in [0.4, 0.5) is 0 Å². The smallest absolute Gasteiger partial charge is 0.348 e. The number of aliphatic hydroxyl groups excluding tert-OH is 1. The number of aldehydes is 1. The quantitative estimate of drug-likeness (QED) is 0.0109. The number of nitrogens with zero attached hydrogens (tertiary/aromatic N) is 1. The minimum Gasteiger partial charge on any atom is -0.479 e. The zero-order chi connectivity index (χ0) is 84.5. The lowest BCUT2D eigenvalue weighted by Crippen LogP contribution is -2.42. The standard InChI is InChI=1S/C34H58O12.C11H19BrO4.C11H18O4.C8H14O3.C7H14O.C6H15N.C3H4Br2O/c1-8-11-14-17-20-27(36)32(39)43-25(6)30(37)46-29(22-19-16-13-10-3)34(41)44-26(7)31(38)45-28(21-18-15-12-9-2)33(40)42-24(5)23(4)35;1-3-4-5-6-7-9(10(13)14)16-11(15)8(2)12;1-3-4-5-6-7-9-11(13)14-8(2)10(12)15-9;1-2-3-4-5-6-8(10)11-7-9;1-2-3-4-5-6-7-8;1-4-7(5-2)6-3;1-2(4)3(5)6/h24-29,36H,8-22H2,1-7H3;8-9H,3-7H2,1-2H3,(H,13,14);8-9H,3-7H2,1-2H3;7H,2-6H2,1H3;7H,2-6H2,1H3;4-6H2,1-3H3;2H,1H3. The van der Waals surface area contributed by atoms with E-state index in [0.29, 0.717) is 38.5 Å². The number of Topliss-reactive ketones (excluding diaryl/α,β-unsaturated/α-hetero) is 1. The van der Waals surface area contributed by atoms with Crippen molar-refractivity contribution in [2.45, 2.75) is 407 Å². The average molecular weight is 1760 g/mol. The summed E-state index contributed by atoms with van der Waals surface area (Å²) in [7, 11) is 0. The van der Waals surface area contributed by atoms with Gasteiger partial charge in [0.05, 0.1) is 4.83 Å². The predicted octanol–water partition coefficient (Wildman–Crippen LogP) is 16.9. The van der Waals surface area contributed by atoms with E-state index in [0.717, 1.165) is 154 Å². The zero-order valence-electron chi connectivity index (χ0n) is 69.2. The van der Waals surface area contributed by atoms with Crippen LogP contribution in [0.2, 0.25) is 0 Å². The molecule has 26 nitrogen and oxygen atoms in total. The Bertz CT molecular complexity index is 2410. The van der Waals surface area contributed by atoms with Gasteiger partial charge >= 0.3 is 66.2 Å². The molecule has 0 bridgehead atoms. The lowest BCUT2D eigenvalue weighted by Gasteiger charge is -2.25. The number of rotatable bonds is 54. The number of ketones is 1. The van der Waals surface area contributed by atoms with E-state index in [2.05, 4.69) is 106 Å². The molecule has 1 saturated heterocycles. The summed E-state index contributed by atoms with van der Waals surface area (Å²) in [6, 6.07) is 0. The summed E-state index contributed by atoms with van der Waals surface area (Å²) < 4.78 is 45.0. The van der Waals surface area contributed by atoms with Gasteiger partial charge in [-0.2, -0.15) is 0 Å². The number of carbonyl (C=O) groups excluding carboxylic acids is 13. The van der Waals surface area contributed by atoms with Crippen molar-refractivity contribution in [3.63, 3.8) is 0 Å². The molecule has 11 unspecified atom stereocenters. The molecule has 1 heterocycles. The van der Waals surface area contributed by atoms with Crippen LogP contribution in [0.5, 0.6) is 0 Å². The second-order valence-electron chi connectivity index (χ2n) is 26.3. The third-order valence-electron chi connectivity index (χ3n) is 16.3. The highest BCUT2D eigenvalue weighted by molar-refractivity contribution is 9.20. The van der Waals surface area contributed by atoms with Gasteiger partial charge in [0.1, 0.15) is 11.1 Å². The Balaban J connectivity index is -0.000000338. The highest BCUT2D eigenvalue weighted by Crippen LogP contribution is 2.20. The molecule has 1 fully saturated rings. The van der Waals surface area contributed by atoms with Crippen LogP contribution in [0.15, 0.2) is 0 Å². The maximum atomic E-state index is 13.1. The number of cyclic esters (lactones) is 2. The molecule has 638 valence electrons. The van der Waals surface area contributed by atoms with Gasteiger partial charge in [0, 0.05) is 12.8 Å².